The fourth-order valence-corrected chi connectivity index (χ4v) is 3.75. The van der Waals surface area contributed by atoms with Crippen LogP contribution in [0.1, 0.15) is 30.0 Å². The molecule has 4 nitrogen and oxygen atoms in total. The van der Waals surface area contributed by atoms with Gasteiger partial charge < -0.3 is 9.47 Å². The van der Waals surface area contributed by atoms with Crippen molar-refractivity contribution in [2.45, 2.75) is 25.1 Å². The van der Waals surface area contributed by atoms with Crippen molar-refractivity contribution in [1.82, 2.24) is 14.5 Å². The van der Waals surface area contributed by atoms with Gasteiger partial charge in [-0.15, -0.1) is 0 Å². The van der Waals surface area contributed by atoms with E-state index in [-0.39, 0.29) is 17.8 Å². The smallest absolute Gasteiger partial charge is 0.339 e. The highest BCUT2D eigenvalue weighted by atomic mass is 19.4. The largest absolute Gasteiger partial charge is 0.416 e. The van der Waals surface area contributed by atoms with E-state index in [0.29, 0.717) is 42.5 Å². The van der Waals surface area contributed by atoms with E-state index in [2.05, 4.69) is 4.98 Å². The van der Waals surface area contributed by atoms with Crippen molar-refractivity contribution in [1.29, 1.82) is 0 Å². The summed E-state index contributed by atoms with van der Waals surface area (Å²) in [5, 5.41) is 0. The maximum Gasteiger partial charge on any atom is 0.416 e. The lowest BCUT2D eigenvalue weighted by atomic mass is 10.0. The number of nitrogens with zero attached hydrogens (tertiary/aromatic N) is 3. The van der Waals surface area contributed by atoms with Crippen LogP contribution in [0.2, 0.25) is 0 Å². The second-order valence-corrected chi connectivity index (χ2v) is 7.30. The van der Waals surface area contributed by atoms with E-state index in [1.54, 1.807) is 29.4 Å². The lowest BCUT2D eigenvalue weighted by Crippen LogP contribution is -2.38. The maximum atomic E-state index is 13.2. The Morgan fingerprint density at radius 3 is 2.57 bits per heavy atom. The average Bonchev–Trinajstić information content (AvgIpc) is 3.15. The molecule has 0 saturated carbocycles. The molecule has 8 heteroatoms. The van der Waals surface area contributed by atoms with E-state index < -0.39 is 11.7 Å². The highest BCUT2D eigenvalue weighted by Crippen LogP contribution is 2.33. The molecule has 4 rings (SSSR count). The van der Waals surface area contributed by atoms with Crippen LogP contribution in [-0.4, -0.2) is 33.4 Å². The van der Waals surface area contributed by atoms with E-state index in [1.807, 2.05) is 4.57 Å². The Balaban J connectivity index is 1.41. The molecule has 2 heterocycles. The SMILES string of the molecule is O=C(/C=C/c1cccc(F)c1)N1CCC(n2cnc3cc(C(F)(F)F)ccc32)CC1. The Labute approximate surface area is 170 Å². The van der Waals surface area contributed by atoms with Crippen molar-refractivity contribution in [2.75, 3.05) is 13.1 Å². The first kappa shape index (κ1) is 20.1. The predicted molar refractivity (Wildman–Crippen MR) is 105 cm³/mol. The van der Waals surface area contributed by atoms with Gasteiger partial charge in [0.2, 0.25) is 5.91 Å². The summed E-state index contributed by atoms with van der Waals surface area (Å²) in [5.41, 5.74) is 0.854. The molecule has 0 N–H and O–H groups in total. The van der Waals surface area contributed by atoms with Gasteiger partial charge in [-0.2, -0.15) is 13.2 Å². The minimum Gasteiger partial charge on any atom is -0.339 e. The summed E-state index contributed by atoms with van der Waals surface area (Å²) < 4.78 is 53.8. The van der Waals surface area contributed by atoms with Gasteiger partial charge in [-0.25, -0.2) is 9.37 Å². The number of hydrogen-bond acceptors (Lipinski definition) is 2. The summed E-state index contributed by atoms with van der Waals surface area (Å²) in [6.07, 6.45) is 1.52. The summed E-state index contributed by atoms with van der Waals surface area (Å²) in [5.74, 6) is -0.511. The zero-order valence-corrected chi connectivity index (χ0v) is 15.9. The number of rotatable bonds is 3. The molecule has 1 aromatic heterocycles. The van der Waals surface area contributed by atoms with Gasteiger partial charge in [-0.3, -0.25) is 4.79 Å². The Morgan fingerprint density at radius 1 is 1.10 bits per heavy atom. The first-order valence-electron chi connectivity index (χ1n) is 9.57. The van der Waals surface area contributed by atoms with Gasteiger partial charge in [0.05, 0.1) is 22.9 Å². The minimum atomic E-state index is -4.40. The quantitative estimate of drug-likeness (QED) is 0.441. The summed E-state index contributed by atoms with van der Waals surface area (Å²) in [6, 6.07) is 9.62. The Bertz CT molecular complexity index is 1100. The molecule has 0 bridgehead atoms. The van der Waals surface area contributed by atoms with Crippen molar-refractivity contribution in [3.8, 4) is 0 Å². The van der Waals surface area contributed by atoms with E-state index in [4.69, 9.17) is 0 Å². The number of aromatic nitrogens is 2. The van der Waals surface area contributed by atoms with Crippen LogP contribution in [0, 0.1) is 5.82 Å². The molecular weight excluding hydrogens is 398 g/mol. The van der Waals surface area contributed by atoms with Crippen molar-refractivity contribution < 1.29 is 22.4 Å². The third-order valence-corrected chi connectivity index (χ3v) is 5.34. The highest BCUT2D eigenvalue weighted by Gasteiger charge is 2.31. The van der Waals surface area contributed by atoms with Gasteiger partial charge in [0, 0.05) is 25.2 Å². The second-order valence-electron chi connectivity index (χ2n) is 7.30. The van der Waals surface area contributed by atoms with Gasteiger partial charge in [-0.1, -0.05) is 12.1 Å². The van der Waals surface area contributed by atoms with Gasteiger partial charge in [0.25, 0.3) is 0 Å². The van der Waals surface area contributed by atoms with Gasteiger partial charge in [0.15, 0.2) is 0 Å². The highest BCUT2D eigenvalue weighted by molar-refractivity contribution is 5.91. The van der Waals surface area contributed by atoms with Crippen molar-refractivity contribution in [3.63, 3.8) is 0 Å². The fraction of sp³-hybridized carbons (Fsp3) is 0.273. The number of hydrogen-bond donors (Lipinski definition) is 0. The van der Waals surface area contributed by atoms with Crippen LogP contribution in [0.4, 0.5) is 17.6 Å². The molecular formula is C22H19F4N3O. The van der Waals surface area contributed by atoms with Crippen molar-refractivity contribution >= 4 is 23.0 Å². The standard InChI is InChI=1S/C22H19F4N3O/c23-17-3-1-2-15(12-17)4-7-21(30)28-10-8-18(9-11-28)29-14-27-19-13-16(22(24,25)26)5-6-20(19)29/h1-7,12-14,18H,8-11H2/b7-4+. The molecule has 2 aromatic carbocycles. The molecule has 0 radical (unpaired) electrons. The monoisotopic (exact) mass is 417 g/mol. The number of fused-ring (bicyclic) bond motifs is 1. The van der Waals surface area contributed by atoms with Gasteiger partial charge in [-0.05, 0) is 54.8 Å². The maximum absolute atomic E-state index is 13.2. The minimum absolute atomic E-state index is 0.0583. The molecule has 1 fully saturated rings. The number of carbonyl (C=O) groups is 1. The number of imidazole rings is 1. The van der Waals surface area contributed by atoms with E-state index in [0.717, 1.165) is 12.1 Å². The molecule has 1 aliphatic heterocycles. The van der Waals surface area contributed by atoms with Crippen LogP contribution in [0.15, 0.2) is 54.9 Å². The Morgan fingerprint density at radius 2 is 1.87 bits per heavy atom. The fourth-order valence-electron chi connectivity index (χ4n) is 3.75. The summed E-state index contributed by atoms with van der Waals surface area (Å²) in [7, 11) is 0. The number of likely N-dealkylation sites (tertiary alicyclic amines) is 1. The average molecular weight is 417 g/mol. The predicted octanol–water partition coefficient (Wildman–Crippen LogP) is 5.07. The molecule has 0 unspecified atom stereocenters. The second kappa shape index (κ2) is 7.93. The van der Waals surface area contributed by atoms with Gasteiger partial charge >= 0.3 is 6.18 Å². The molecule has 156 valence electrons. The van der Waals surface area contributed by atoms with E-state index in [9.17, 15) is 22.4 Å². The number of amides is 1. The first-order valence-corrected chi connectivity index (χ1v) is 9.57. The lowest BCUT2D eigenvalue weighted by Gasteiger charge is -2.32. The summed E-state index contributed by atoms with van der Waals surface area (Å²) in [6.45, 7) is 1.05. The summed E-state index contributed by atoms with van der Waals surface area (Å²) >= 11 is 0. The number of piperidine rings is 1. The number of carbonyl (C=O) groups excluding carboxylic acids is 1. The molecule has 3 aromatic rings. The third kappa shape index (κ3) is 4.22. The number of alkyl halides is 3. The summed E-state index contributed by atoms with van der Waals surface area (Å²) in [4.78, 5) is 18.3. The van der Waals surface area contributed by atoms with Crippen molar-refractivity contribution in [3.05, 3.63) is 71.8 Å². The van der Waals surface area contributed by atoms with E-state index >= 15 is 0 Å². The topological polar surface area (TPSA) is 38.1 Å². The molecule has 0 spiro atoms. The van der Waals surface area contributed by atoms with Crippen LogP contribution in [0.3, 0.4) is 0 Å². The van der Waals surface area contributed by atoms with Crippen LogP contribution >= 0.6 is 0 Å². The van der Waals surface area contributed by atoms with Crippen LogP contribution < -0.4 is 0 Å². The number of benzene rings is 2. The number of halogens is 4. The first-order chi connectivity index (χ1) is 14.3. The van der Waals surface area contributed by atoms with Gasteiger partial charge in [0.1, 0.15) is 5.82 Å². The molecule has 0 aliphatic carbocycles. The van der Waals surface area contributed by atoms with Crippen LogP contribution in [-0.2, 0) is 11.0 Å². The molecule has 30 heavy (non-hydrogen) atoms. The lowest BCUT2D eigenvalue weighted by molar-refractivity contribution is -0.137. The van der Waals surface area contributed by atoms with Crippen LogP contribution in [0.5, 0.6) is 0 Å². The third-order valence-electron chi connectivity index (χ3n) is 5.34. The molecule has 0 atom stereocenters. The molecule has 1 aliphatic rings. The van der Waals surface area contributed by atoms with Crippen LogP contribution in [0.25, 0.3) is 17.1 Å². The zero-order chi connectivity index (χ0) is 21.3. The van der Waals surface area contributed by atoms with Crippen molar-refractivity contribution in [2.24, 2.45) is 0 Å². The molecule has 1 amide bonds. The Kier molecular flexibility index (Phi) is 5.32. The Hall–Kier alpha value is -3.16. The van der Waals surface area contributed by atoms with E-state index in [1.165, 1.54) is 24.3 Å². The zero-order valence-electron chi connectivity index (χ0n) is 15.9. The molecule has 1 saturated heterocycles. The normalized spacial score (nSPS) is 15.9.